The molecule has 1 aromatic heterocycles. The quantitative estimate of drug-likeness (QED) is 0.760. The molecule has 3 rings (SSSR count). The van der Waals surface area contributed by atoms with Crippen molar-refractivity contribution in [2.75, 3.05) is 0 Å². The highest BCUT2D eigenvalue weighted by molar-refractivity contribution is 5.93. The monoisotopic (exact) mass is 251 g/mol. The number of nitrogens with zero attached hydrogens (tertiary/aromatic N) is 2. The second-order valence-corrected chi connectivity index (χ2v) is 4.39. The van der Waals surface area contributed by atoms with E-state index in [1.807, 2.05) is 43.3 Å². The number of aryl methyl sites for hydroxylation is 1. The Labute approximate surface area is 110 Å². The lowest BCUT2D eigenvalue weighted by atomic mass is 10.2. The number of fused-ring (bicyclic) bond motifs is 1. The molecule has 0 atom stereocenters. The van der Waals surface area contributed by atoms with Gasteiger partial charge in [0.15, 0.2) is 0 Å². The molecule has 0 radical (unpaired) electrons. The molecule has 0 fully saturated rings. The van der Waals surface area contributed by atoms with Gasteiger partial charge in [-0.3, -0.25) is 9.36 Å². The zero-order chi connectivity index (χ0) is 13.4. The number of para-hydroxylation sites is 2. The van der Waals surface area contributed by atoms with Crippen molar-refractivity contribution in [2.24, 2.45) is 5.73 Å². The Hall–Kier alpha value is -2.62. The molecular weight excluding hydrogens is 238 g/mol. The summed E-state index contributed by atoms with van der Waals surface area (Å²) in [5.74, 6) is 0.492. The molecule has 19 heavy (non-hydrogen) atoms. The number of hydrogen-bond acceptors (Lipinski definition) is 2. The number of rotatable bonds is 2. The molecule has 1 heterocycles. The fourth-order valence-electron chi connectivity index (χ4n) is 2.25. The molecule has 0 aliphatic heterocycles. The van der Waals surface area contributed by atoms with Gasteiger partial charge in [0.05, 0.1) is 11.0 Å². The van der Waals surface area contributed by atoms with Crippen molar-refractivity contribution in [1.29, 1.82) is 0 Å². The first-order valence-electron chi connectivity index (χ1n) is 6.01. The minimum Gasteiger partial charge on any atom is -0.366 e. The van der Waals surface area contributed by atoms with Gasteiger partial charge in [-0.2, -0.15) is 0 Å². The summed E-state index contributed by atoms with van der Waals surface area (Å²) in [5.41, 5.74) is 8.72. The molecule has 0 saturated carbocycles. The van der Waals surface area contributed by atoms with E-state index >= 15 is 0 Å². The summed E-state index contributed by atoms with van der Waals surface area (Å²) in [5, 5.41) is 0. The van der Waals surface area contributed by atoms with E-state index in [2.05, 4.69) is 9.55 Å². The molecule has 2 N–H and O–H groups in total. The topological polar surface area (TPSA) is 60.9 Å². The summed E-state index contributed by atoms with van der Waals surface area (Å²) < 4.78 is 2.06. The van der Waals surface area contributed by atoms with Crippen molar-refractivity contribution in [3.8, 4) is 5.69 Å². The van der Waals surface area contributed by atoms with Gasteiger partial charge in [-0.15, -0.1) is 0 Å². The largest absolute Gasteiger partial charge is 0.366 e. The highest BCUT2D eigenvalue weighted by Gasteiger charge is 2.09. The van der Waals surface area contributed by atoms with Crippen LogP contribution >= 0.6 is 0 Å². The first-order valence-corrected chi connectivity index (χ1v) is 6.01. The van der Waals surface area contributed by atoms with Crippen LogP contribution in [0.3, 0.4) is 0 Å². The van der Waals surface area contributed by atoms with Crippen LogP contribution in [-0.4, -0.2) is 15.5 Å². The third-order valence-electron chi connectivity index (χ3n) is 3.14. The Kier molecular flexibility index (Phi) is 2.56. The zero-order valence-corrected chi connectivity index (χ0v) is 10.5. The van der Waals surface area contributed by atoms with Crippen LogP contribution in [0.25, 0.3) is 16.7 Å². The molecule has 2 aromatic carbocycles. The predicted molar refractivity (Wildman–Crippen MR) is 74.3 cm³/mol. The van der Waals surface area contributed by atoms with Crippen LogP contribution in [0.5, 0.6) is 0 Å². The van der Waals surface area contributed by atoms with Crippen LogP contribution in [0.15, 0.2) is 48.5 Å². The van der Waals surface area contributed by atoms with Crippen molar-refractivity contribution < 1.29 is 4.79 Å². The molecule has 3 aromatic rings. The van der Waals surface area contributed by atoms with Gasteiger partial charge >= 0.3 is 0 Å². The minimum atomic E-state index is -0.418. The smallest absolute Gasteiger partial charge is 0.248 e. The minimum absolute atomic E-state index is 0.418. The van der Waals surface area contributed by atoms with E-state index in [0.29, 0.717) is 5.56 Å². The second-order valence-electron chi connectivity index (χ2n) is 4.39. The van der Waals surface area contributed by atoms with Crippen LogP contribution in [-0.2, 0) is 0 Å². The van der Waals surface area contributed by atoms with Gasteiger partial charge in [0.2, 0.25) is 5.91 Å². The molecule has 0 saturated heterocycles. The Morgan fingerprint density at radius 2 is 1.79 bits per heavy atom. The molecule has 4 heteroatoms. The van der Waals surface area contributed by atoms with Crippen LogP contribution < -0.4 is 5.73 Å². The van der Waals surface area contributed by atoms with Gasteiger partial charge in [0.25, 0.3) is 0 Å². The average molecular weight is 251 g/mol. The Morgan fingerprint density at radius 3 is 2.47 bits per heavy atom. The number of amides is 1. The number of imidazole rings is 1. The summed E-state index contributed by atoms with van der Waals surface area (Å²) in [6.07, 6.45) is 0. The average Bonchev–Trinajstić information content (AvgIpc) is 2.74. The number of carbonyl (C=O) groups excluding carboxylic acids is 1. The highest BCUT2D eigenvalue weighted by Crippen LogP contribution is 2.21. The molecule has 1 amide bonds. The molecule has 94 valence electrons. The second kappa shape index (κ2) is 4.24. The Bertz CT molecular complexity index is 757. The van der Waals surface area contributed by atoms with Gasteiger partial charge < -0.3 is 5.73 Å². The van der Waals surface area contributed by atoms with E-state index in [0.717, 1.165) is 22.5 Å². The maximum atomic E-state index is 11.1. The van der Waals surface area contributed by atoms with E-state index in [-0.39, 0.29) is 0 Å². The van der Waals surface area contributed by atoms with Crippen molar-refractivity contribution in [3.05, 3.63) is 59.9 Å². The van der Waals surface area contributed by atoms with Gasteiger partial charge in [-0.05, 0) is 43.3 Å². The van der Waals surface area contributed by atoms with Gasteiger partial charge in [-0.1, -0.05) is 12.1 Å². The number of carbonyl (C=O) groups is 1. The third kappa shape index (κ3) is 1.87. The SMILES string of the molecule is Cc1nc2ccccc2n1-c1ccc(C(N)=O)cc1. The van der Waals surface area contributed by atoms with E-state index in [4.69, 9.17) is 5.73 Å². The first-order chi connectivity index (χ1) is 9.16. The number of nitrogens with two attached hydrogens (primary N) is 1. The lowest BCUT2D eigenvalue weighted by Gasteiger charge is -2.07. The van der Waals surface area contributed by atoms with Crippen molar-refractivity contribution in [1.82, 2.24) is 9.55 Å². The zero-order valence-electron chi connectivity index (χ0n) is 10.5. The van der Waals surface area contributed by atoms with E-state index in [9.17, 15) is 4.79 Å². The fraction of sp³-hybridized carbons (Fsp3) is 0.0667. The molecule has 0 aliphatic rings. The fourth-order valence-corrected chi connectivity index (χ4v) is 2.25. The maximum absolute atomic E-state index is 11.1. The number of benzene rings is 2. The molecule has 0 spiro atoms. The predicted octanol–water partition coefficient (Wildman–Crippen LogP) is 2.43. The van der Waals surface area contributed by atoms with Crippen LogP contribution in [0.2, 0.25) is 0 Å². The summed E-state index contributed by atoms with van der Waals surface area (Å²) in [7, 11) is 0. The highest BCUT2D eigenvalue weighted by atomic mass is 16.1. The van der Waals surface area contributed by atoms with Gasteiger partial charge in [0.1, 0.15) is 5.82 Å². The van der Waals surface area contributed by atoms with Crippen molar-refractivity contribution >= 4 is 16.9 Å². The molecular formula is C15H13N3O. The molecule has 0 aliphatic carbocycles. The van der Waals surface area contributed by atoms with Gasteiger partial charge in [0, 0.05) is 11.3 Å². The normalized spacial score (nSPS) is 10.8. The number of hydrogen-bond donors (Lipinski definition) is 1. The summed E-state index contributed by atoms with van der Waals surface area (Å²) in [4.78, 5) is 15.6. The first kappa shape index (κ1) is 11.5. The van der Waals surface area contributed by atoms with E-state index in [1.54, 1.807) is 12.1 Å². The third-order valence-corrected chi connectivity index (χ3v) is 3.14. The molecule has 0 unspecified atom stereocenters. The lowest BCUT2D eigenvalue weighted by molar-refractivity contribution is 0.100. The molecule has 4 nitrogen and oxygen atoms in total. The van der Waals surface area contributed by atoms with E-state index < -0.39 is 5.91 Å². The van der Waals surface area contributed by atoms with Crippen LogP contribution in [0.4, 0.5) is 0 Å². The maximum Gasteiger partial charge on any atom is 0.248 e. The number of primary amides is 1. The standard InChI is InChI=1S/C15H13N3O/c1-10-17-13-4-2-3-5-14(13)18(10)12-8-6-11(7-9-12)15(16)19/h2-9H,1H3,(H2,16,19). The lowest BCUT2D eigenvalue weighted by Crippen LogP contribution is -2.10. The van der Waals surface area contributed by atoms with Gasteiger partial charge in [-0.25, -0.2) is 4.98 Å². The summed E-state index contributed by atoms with van der Waals surface area (Å²) in [6, 6.07) is 15.2. The number of aromatic nitrogens is 2. The summed E-state index contributed by atoms with van der Waals surface area (Å²) in [6.45, 7) is 1.96. The van der Waals surface area contributed by atoms with Crippen molar-refractivity contribution in [3.63, 3.8) is 0 Å². The Morgan fingerprint density at radius 1 is 1.11 bits per heavy atom. The summed E-state index contributed by atoms with van der Waals surface area (Å²) >= 11 is 0. The van der Waals surface area contributed by atoms with Crippen LogP contribution in [0.1, 0.15) is 16.2 Å². The molecule has 0 bridgehead atoms. The Balaban J connectivity index is 2.18. The van der Waals surface area contributed by atoms with Crippen LogP contribution in [0, 0.1) is 6.92 Å². The van der Waals surface area contributed by atoms with E-state index in [1.165, 1.54) is 0 Å². The van der Waals surface area contributed by atoms with Crippen molar-refractivity contribution in [2.45, 2.75) is 6.92 Å².